The lowest BCUT2D eigenvalue weighted by Gasteiger charge is -2.32. The van der Waals surface area contributed by atoms with Crippen LogP contribution in [0, 0.1) is 0 Å². The van der Waals surface area contributed by atoms with Crippen molar-refractivity contribution >= 4 is 17.4 Å². The zero-order valence-corrected chi connectivity index (χ0v) is 13.6. The van der Waals surface area contributed by atoms with Crippen LogP contribution in [0.4, 0.5) is 18.9 Å². The van der Waals surface area contributed by atoms with Crippen LogP contribution in [0.5, 0.6) is 5.75 Å². The summed E-state index contributed by atoms with van der Waals surface area (Å²) in [5.41, 5.74) is 8.11. The highest BCUT2D eigenvalue weighted by atomic mass is 19.4. The maximum Gasteiger partial charge on any atom is 0.416 e. The number of rotatable bonds is 2. The number of carbonyl (C=O) groups is 2. The number of aliphatic hydroxyl groups is 1. The molecule has 5 N–H and O–H groups in total. The summed E-state index contributed by atoms with van der Waals surface area (Å²) in [7, 11) is 0. The van der Waals surface area contributed by atoms with E-state index in [0.717, 1.165) is 12.1 Å². The Hall–Kier alpha value is -3.07. The van der Waals surface area contributed by atoms with Crippen molar-refractivity contribution in [3.8, 4) is 5.75 Å². The van der Waals surface area contributed by atoms with Crippen LogP contribution in [0.1, 0.15) is 33.5 Å². The number of carbonyl (C=O) groups excluding carboxylic acids is 2. The number of ether oxygens (including phenoxy) is 1. The lowest BCUT2D eigenvalue weighted by atomic mass is 9.71. The number of primary amides is 1. The van der Waals surface area contributed by atoms with Gasteiger partial charge in [0.25, 0.3) is 5.79 Å². The minimum absolute atomic E-state index is 0.0153. The Balaban J connectivity index is 2.02. The normalized spacial score (nSPS) is 25.6. The molecule has 0 fully saturated rings. The third-order valence-corrected chi connectivity index (χ3v) is 5.12. The molecule has 27 heavy (non-hydrogen) atoms. The van der Waals surface area contributed by atoms with Gasteiger partial charge in [-0.05, 0) is 18.2 Å². The molecule has 1 amide bonds. The number of nitrogen functional groups attached to an aromatic ring is 1. The van der Waals surface area contributed by atoms with Gasteiger partial charge in [0.1, 0.15) is 11.2 Å². The molecule has 6 nitrogen and oxygen atoms in total. The van der Waals surface area contributed by atoms with Crippen LogP contribution in [0.15, 0.2) is 36.4 Å². The second kappa shape index (κ2) is 5.01. The van der Waals surface area contributed by atoms with E-state index in [2.05, 4.69) is 0 Å². The predicted octanol–water partition coefficient (Wildman–Crippen LogP) is 1.83. The number of hydrogen-bond donors (Lipinski definition) is 3. The van der Waals surface area contributed by atoms with E-state index < -0.39 is 41.1 Å². The van der Waals surface area contributed by atoms with Gasteiger partial charge in [-0.3, -0.25) is 9.59 Å². The number of fused-ring (bicyclic) bond motifs is 5. The minimum atomic E-state index is -4.65. The molecule has 2 aromatic carbocycles. The smallest absolute Gasteiger partial charge is 0.416 e. The van der Waals surface area contributed by atoms with Crippen LogP contribution in [0.3, 0.4) is 0 Å². The Bertz CT molecular complexity index is 1020. The van der Waals surface area contributed by atoms with E-state index in [1.807, 2.05) is 0 Å². The van der Waals surface area contributed by atoms with Gasteiger partial charge in [0.05, 0.1) is 17.5 Å². The first-order valence-corrected chi connectivity index (χ1v) is 7.87. The second-order valence-electron chi connectivity index (χ2n) is 6.60. The summed E-state index contributed by atoms with van der Waals surface area (Å²) in [5.74, 6) is -4.38. The fourth-order valence-electron chi connectivity index (χ4n) is 4.00. The van der Waals surface area contributed by atoms with Crippen molar-refractivity contribution in [3.05, 3.63) is 58.7 Å². The number of anilines is 1. The highest BCUT2D eigenvalue weighted by Gasteiger charge is 2.71. The van der Waals surface area contributed by atoms with Crippen molar-refractivity contribution in [1.82, 2.24) is 0 Å². The van der Waals surface area contributed by atoms with Crippen LogP contribution in [0.25, 0.3) is 0 Å². The first kappa shape index (κ1) is 17.3. The quantitative estimate of drug-likeness (QED) is 0.690. The Morgan fingerprint density at radius 1 is 1.19 bits per heavy atom. The van der Waals surface area contributed by atoms with Gasteiger partial charge in [-0.2, -0.15) is 13.2 Å². The van der Waals surface area contributed by atoms with Gasteiger partial charge in [0.2, 0.25) is 5.91 Å². The van der Waals surface area contributed by atoms with Crippen molar-refractivity contribution < 1.29 is 32.6 Å². The summed E-state index contributed by atoms with van der Waals surface area (Å²) >= 11 is 0. The molecule has 0 spiro atoms. The summed E-state index contributed by atoms with van der Waals surface area (Å²) in [6.45, 7) is 0. The number of ketones is 1. The monoisotopic (exact) mass is 378 g/mol. The Labute approximate surface area is 150 Å². The van der Waals surface area contributed by atoms with Crippen molar-refractivity contribution in [1.29, 1.82) is 0 Å². The van der Waals surface area contributed by atoms with Gasteiger partial charge in [0.15, 0.2) is 5.78 Å². The van der Waals surface area contributed by atoms with E-state index in [1.165, 1.54) is 18.2 Å². The van der Waals surface area contributed by atoms with Crippen molar-refractivity contribution in [2.75, 3.05) is 5.73 Å². The molecule has 0 saturated heterocycles. The Morgan fingerprint density at radius 3 is 2.52 bits per heavy atom. The van der Waals surface area contributed by atoms with E-state index >= 15 is 0 Å². The zero-order chi connectivity index (χ0) is 19.8. The fourth-order valence-corrected chi connectivity index (χ4v) is 4.00. The van der Waals surface area contributed by atoms with Crippen LogP contribution in [-0.2, 0) is 22.2 Å². The van der Waals surface area contributed by atoms with E-state index in [4.69, 9.17) is 16.2 Å². The van der Waals surface area contributed by atoms with Gasteiger partial charge in [-0.1, -0.05) is 18.2 Å². The van der Waals surface area contributed by atoms with E-state index in [9.17, 15) is 27.9 Å². The van der Waals surface area contributed by atoms with Gasteiger partial charge < -0.3 is 21.3 Å². The van der Waals surface area contributed by atoms with Crippen LogP contribution < -0.4 is 16.2 Å². The minimum Gasteiger partial charge on any atom is -0.456 e. The number of halogens is 3. The molecular weight excluding hydrogens is 365 g/mol. The van der Waals surface area contributed by atoms with Gasteiger partial charge >= 0.3 is 6.18 Å². The van der Waals surface area contributed by atoms with Gasteiger partial charge in [-0.25, -0.2) is 0 Å². The molecule has 1 heterocycles. The Morgan fingerprint density at radius 2 is 1.89 bits per heavy atom. The number of Topliss-reactive ketones (excluding diaryl/α,β-unsaturated/α-hetero) is 1. The van der Waals surface area contributed by atoms with Crippen molar-refractivity contribution in [2.24, 2.45) is 5.73 Å². The average molecular weight is 378 g/mol. The summed E-state index contributed by atoms with van der Waals surface area (Å²) in [5, 5.41) is 11.3. The molecule has 2 unspecified atom stereocenters. The predicted molar refractivity (Wildman–Crippen MR) is 86.6 cm³/mol. The molecule has 2 aliphatic rings. The van der Waals surface area contributed by atoms with Crippen LogP contribution in [-0.4, -0.2) is 16.8 Å². The van der Waals surface area contributed by atoms with E-state index in [1.54, 1.807) is 0 Å². The first-order chi connectivity index (χ1) is 12.5. The highest BCUT2D eigenvalue weighted by Crippen LogP contribution is 2.62. The summed E-state index contributed by atoms with van der Waals surface area (Å²) < 4.78 is 44.6. The third kappa shape index (κ3) is 2.00. The molecule has 1 aliphatic carbocycles. The van der Waals surface area contributed by atoms with Crippen molar-refractivity contribution in [3.63, 3.8) is 0 Å². The van der Waals surface area contributed by atoms with Gasteiger partial charge in [-0.15, -0.1) is 0 Å². The number of alkyl halides is 3. The lowest BCUT2D eigenvalue weighted by molar-refractivity contribution is -0.168. The maximum absolute atomic E-state index is 13.3. The number of hydrogen-bond acceptors (Lipinski definition) is 5. The lowest BCUT2D eigenvalue weighted by Crippen LogP contribution is -2.50. The first-order valence-electron chi connectivity index (χ1n) is 7.87. The maximum atomic E-state index is 13.3. The molecule has 0 radical (unpaired) electrons. The molecule has 0 aromatic heterocycles. The molecule has 4 rings (SSSR count). The molecule has 0 saturated carbocycles. The SMILES string of the molecule is NC(=O)CC12C(=O)c3c(N)cccc3C1(O)Oc1cc(C(F)(F)F)ccc12. The third-order valence-electron chi connectivity index (χ3n) is 5.12. The van der Waals surface area contributed by atoms with E-state index in [-0.39, 0.29) is 28.1 Å². The summed E-state index contributed by atoms with van der Waals surface area (Å²) in [6, 6.07) is 6.76. The molecular formula is C18H13F3N2O4. The highest BCUT2D eigenvalue weighted by molar-refractivity contribution is 6.15. The molecule has 1 aliphatic heterocycles. The number of benzene rings is 2. The second-order valence-corrected chi connectivity index (χ2v) is 6.60. The molecule has 140 valence electrons. The standard InChI is InChI=1S/C18H13F3N2O4/c19-18(20,21)8-4-5-9-12(6-8)27-17(26)10-2-1-3-11(22)14(10)15(25)16(9,17)7-13(23)24/h1-6,26H,7,22H2,(H2,23,24). The van der Waals surface area contributed by atoms with Crippen LogP contribution in [0.2, 0.25) is 0 Å². The molecule has 9 heteroatoms. The summed E-state index contributed by atoms with van der Waals surface area (Å²) in [4.78, 5) is 25.0. The molecule has 2 aromatic rings. The fraction of sp³-hybridized carbons (Fsp3) is 0.222. The number of amides is 1. The Kier molecular flexibility index (Phi) is 3.22. The van der Waals surface area contributed by atoms with Crippen LogP contribution >= 0.6 is 0 Å². The topological polar surface area (TPSA) is 116 Å². The molecule has 2 atom stereocenters. The number of nitrogens with two attached hydrogens (primary N) is 2. The molecule has 0 bridgehead atoms. The largest absolute Gasteiger partial charge is 0.456 e. The van der Waals surface area contributed by atoms with Crippen molar-refractivity contribution in [2.45, 2.75) is 23.8 Å². The van der Waals surface area contributed by atoms with E-state index in [0.29, 0.717) is 6.07 Å². The van der Waals surface area contributed by atoms with Gasteiger partial charge in [0, 0.05) is 16.8 Å². The average Bonchev–Trinajstić information content (AvgIpc) is 2.91. The zero-order valence-electron chi connectivity index (χ0n) is 13.6. The summed E-state index contributed by atoms with van der Waals surface area (Å²) in [6.07, 6.45) is -5.31.